The molecule has 0 fully saturated rings. The lowest BCUT2D eigenvalue weighted by Gasteiger charge is -2.11. The first kappa shape index (κ1) is 14.8. The molecule has 0 heterocycles. The molecule has 0 aromatic heterocycles. The Morgan fingerprint density at radius 2 is 2.00 bits per heavy atom. The Labute approximate surface area is 122 Å². The number of anilines is 1. The summed E-state index contributed by atoms with van der Waals surface area (Å²) in [4.78, 5) is 11.6. The molecule has 0 aliphatic heterocycles. The smallest absolute Gasteiger partial charge is 0.340 e. The Kier molecular flexibility index (Phi) is 4.77. The van der Waals surface area contributed by atoms with E-state index in [1.165, 1.54) is 19.2 Å². The highest BCUT2D eigenvalue weighted by molar-refractivity contribution is 5.95. The zero-order valence-electron chi connectivity index (χ0n) is 11.9. The predicted molar refractivity (Wildman–Crippen MR) is 78.1 cm³/mol. The molecule has 0 saturated carbocycles. The van der Waals surface area contributed by atoms with Gasteiger partial charge in [-0.2, -0.15) is 0 Å². The second-order valence-electron chi connectivity index (χ2n) is 4.39. The van der Waals surface area contributed by atoms with E-state index < -0.39 is 11.8 Å². The Morgan fingerprint density at radius 3 is 2.71 bits per heavy atom. The van der Waals surface area contributed by atoms with E-state index >= 15 is 0 Å². The van der Waals surface area contributed by atoms with Crippen molar-refractivity contribution in [3.63, 3.8) is 0 Å². The standard InChI is InChI=1S/C16H16FNO3/c1-20-13-5-3-4-11(8-13)10-18-15-7-6-12(17)9-14(15)16(19)21-2/h3-9,18H,10H2,1-2H3. The van der Waals surface area contributed by atoms with Crippen LogP contribution in [0.4, 0.5) is 10.1 Å². The zero-order valence-corrected chi connectivity index (χ0v) is 11.9. The van der Waals surface area contributed by atoms with Gasteiger partial charge in [0.15, 0.2) is 0 Å². The molecule has 0 radical (unpaired) electrons. The van der Waals surface area contributed by atoms with Gasteiger partial charge < -0.3 is 14.8 Å². The highest BCUT2D eigenvalue weighted by Crippen LogP contribution is 2.20. The van der Waals surface area contributed by atoms with Crippen molar-refractivity contribution in [2.24, 2.45) is 0 Å². The van der Waals surface area contributed by atoms with Crippen LogP contribution >= 0.6 is 0 Å². The van der Waals surface area contributed by atoms with Crippen molar-refractivity contribution in [3.8, 4) is 5.75 Å². The van der Waals surface area contributed by atoms with Gasteiger partial charge in [0.2, 0.25) is 0 Å². The number of carbonyl (C=O) groups is 1. The third kappa shape index (κ3) is 3.72. The molecule has 110 valence electrons. The van der Waals surface area contributed by atoms with Crippen LogP contribution in [0.1, 0.15) is 15.9 Å². The minimum absolute atomic E-state index is 0.167. The molecule has 0 aliphatic rings. The van der Waals surface area contributed by atoms with Crippen LogP contribution in [0, 0.1) is 5.82 Å². The molecule has 21 heavy (non-hydrogen) atoms. The van der Waals surface area contributed by atoms with Crippen molar-refractivity contribution in [2.75, 3.05) is 19.5 Å². The average molecular weight is 289 g/mol. The lowest BCUT2D eigenvalue weighted by Crippen LogP contribution is -2.08. The third-order valence-corrected chi connectivity index (χ3v) is 3.00. The maximum absolute atomic E-state index is 13.3. The van der Waals surface area contributed by atoms with Crippen LogP contribution < -0.4 is 10.1 Å². The quantitative estimate of drug-likeness (QED) is 0.858. The Balaban J connectivity index is 2.17. The molecule has 0 saturated heterocycles. The van der Waals surface area contributed by atoms with E-state index in [1.54, 1.807) is 7.11 Å². The van der Waals surface area contributed by atoms with Crippen LogP contribution in [0.25, 0.3) is 0 Å². The van der Waals surface area contributed by atoms with Crippen LogP contribution in [0.5, 0.6) is 5.75 Å². The molecule has 0 unspecified atom stereocenters. The van der Waals surface area contributed by atoms with E-state index in [0.717, 1.165) is 17.4 Å². The van der Waals surface area contributed by atoms with E-state index in [4.69, 9.17) is 4.74 Å². The molecular weight excluding hydrogens is 273 g/mol. The topological polar surface area (TPSA) is 47.6 Å². The number of rotatable bonds is 5. The molecule has 0 amide bonds. The van der Waals surface area contributed by atoms with Crippen LogP contribution in [0.2, 0.25) is 0 Å². The summed E-state index contributed by atoms with van der Waals surface area (Å²) in [5.74, 6) is -0.313. The van der Waals surface area contributed by atoms with Crippen molar-refractivity contribution >= 4 is 11.7 Å². The van der Waals surface area contributed by atoms with Gasteiger partial charge >= 0.3 is 5.97 Å². The molecule has 4 nitrogen and oxygen atoms in total. The van der Waals surface area contributed by atoms with Gasteiger partial charge in [0, 0.05) is 12.2 Å². The number of halogens is 1. The summed E-state index contributed by atoms with van der Waals surface area (Å²) < 4.78 is 23.1. The van der Waals surface area contributed by atoms with E-state index in [-0.39, 0.29) is 5.56 Å². The SMILES string of the molecule is COC(=O)c1cc(F)ccc1NCc1cccc(OC)c1. The number of hydrogen-bond acceptors (Lipinski definition) is 4. The minimum Gasteiger partial charge on any atom is -0.497 e. The predicted octanol–water partition coefficient (Wildman–Crippen LogP) is 3.23. The third-order valence-electron chi connectivity index (χ3n) is 3.00. The number of carbonyl (C=O) groups excluding carboxylic acids is 1. The van der Waals surface area contributed by atoms with Crippen LogP contribution in [-0.2, 0) is 11.3 Å². The summed E-state index contributed by atoms with van der Waals surface area (Å²) in [6.07, 6.45) is 0. The first-order valence-electron chi connectivity index (χ1n) is 6.38. The molecule has 0 spiro atoms. The Hall–Kier alpha value is -2.56. The van der Waals surface area contributed by atoms with Gasteiger partial charge in [-0.1, -0.05) is 12.1 Å². The van der Waals surface area contributed by atoms with E-state index in [2.05, 4.69) is 10.1 Å². The fraction of sp³-hybridized carbons (Fsp3) is 0.188. The van der Waals surface area contributed by atoms with E-state index in [1.807, 2.05) is 24.3 Å². The lowest BCUT2D eigenvalue weighted by molar-refractivity contribution is 0.0601. The molecule has 0 atom stereocenters. The highest BCUT2D eigenvalue weighted by Gasteiger charge is 2.12. The monoisotopic (exact) mass is 289 g/mol. The van der Waals surface area contributed by atoms with E-state index in [9.17, 15) is 9.18 Å². The second-order valence-corrected chi connectivity index (χ2v) is 4.39. The maximum Gasteiger partial charge on any atom is 0.340 e. The first-order valence-corrected chi connectivity index (χ1v) is 6.38. The normalized spacial score (nSPS) is 10.0. The molecule has 1 N–H and O–H groups in total. The van der Waals surface area contributed by atoms with Crippen molar-refractivity contribution in [2.45, 2.75) is 6.54 Å². The van der Waals surface area contributed by atoms with Crippen LogP contribution in [0.15, 0.2) is 42.5 Å². The van der Waals surface area contributed by atoms with Gasteiger partial charge in [0.25, 0.3) is 0 Å². The maximum atomic E-state index is 13.3. The number of nitrogens with one attached hydrogen (secondary N) is 1. The summed E-state index contributed by atoms with van der Waals surface area (Å²) in [6, 6.07) is 11.5. The van der Waals surface area contributed by atoms with Gasteiger partial charge in [-0.05, 0) is 35.9 Å². The number of benzene rings is 2. The fourth-order valence-electron chi connectivity index (χ4n) is 1.93. The van der Waals surface area contributed by atoms with E-state index in [0.29, 0.717) is 12.2 Å². The zero-order chi connectivity index (χ0) is 15.2. The molecule has 2 rings (SSSR count). The van der Waals surface area contributed by atoms with Gasteiger partial charge in [0.05, 0.1) is 19.8 Å². The van der Waals surface area contributed by atoms with Gasteiger partial charge in [-0.15, -0.1) is 0 Å². The summed E-state index contributed by atoms with van der Waals surface area (Å²) in [5, 5.41) is 3.10. The average Bonchev–Trinajstić information content (AvgIpc) is 2.53. The Morgan fingerprint density at radius 1 is 1.19 bits per heavy atom. The van der Waals surface area contributed by atoms with Gasteiger partial charge in [-0.3, -0.25) is 0 Å². The lowest BCUT2D eigenvalue weighted by atomic mass is 10.1. The molecule has 0 aliphatic carbocycles. The molecule has 2 aromatic carbocycles. The fourth-order valence-corrected chi connectivity index (χ4v) is 1.93. The van der Waals surface area contributed by atoms with Gasteiger partial charge in [-0.25, -0.2) is 9.18 Å². The number of ether oxygens (including phenoxy) is 2. The summed E-state index contributed by atoms with van der Waals surface area (Å²) in [7, 11) is 2.86. The second kappa shape index (κ2) is 6.74. The van der Waals surface area contributed by atoms with Gasteiger partial charge in [0.1, 0.15) is 11.6 Å². The number of esters is 1. The van der Waals surface area contributed by atoms with Crippen molar-refractivity contribution in [1.82, 2.24) is 0 Å². The van der Waals surface area contributed by atoms with Crippen molar-refractivity contribution in [1.29, 1.82) is 0 Å². The van der Waals surface area contributed by atoms with Crippen LogP contribution in [0.3, 0.4) is 0 Å². The summed E-state index contributed by atoms with van der Waals surface area (Å²) in [5.41, 5.74) is 1.67. The van der Waals surface area contributed by atoms with Crippen molar-refractivity contribution < 1.29 is 18.7 Å². The number of methoxy groups -OCH3 is 2. The van der Waals surface area contributed by atoms with Crippen molar-refractivity contribution in [3.05, 3.63) is 59.4 Å². The molecular formula is C16H16FNO3. The summed E-state index contributed by atoms with van der Waals surface area (Å²) >= 11 is 0. The first-order chi connectivity index (χ1) is 10.1. The minimum atomic E-state index is -0.581. The number of hydrogen-bond donors (Lipinski definition) is 1. The molecule has 5 heteroatoms. The van der Waals surface area contributed by atoms with Crippen LogP contribution in [-0.4, -0.2) is 20.2 Å². The highest BCUT2D eigenvalue weighted by atomic mass is 19.1. The molecule has 2 aromatic rings. The molecule has 0 bridgehead atoms. The Bertz CT molecular complexity index is 643. The largest absolute Gasteiger partial charge is 0.497 e. The summed E-state index contributed by atoms with van der Waals surface area (Å²) in [6.45, 7) is 0.479.